The maximum Gasteiger partial charge on any atom is 0.292 e. The lowest BCUT2D eigenvalue weighted by Gasteiger charge is -2.29. The summed E-state index contributed by atoms with van der Waals surface area (Å²) in [5.74, 6) is -0.249. The Kier molecular flexibility index (Phi) is 4.84. The minimum Gasteiger partial charge on any atom is -0.321 e. The van der Waals surface area contributed by atoms with Crippen molar-refractivity contribution in [2.24, 2.45) is 0 Å². The van der Waals surface area contributed by atoms with Gasteiger partial charge in [-0.15, -0.1) is 11.3 Å². The van der Waals surface area contributed by atoms with Gasteiger partial charge in [0, 0.05) is 28.0 Å². The number of halogens is 1. The van der Waals surface area contributed by atoms with Crippen LogP contribution < -0.4 is 10.2 Å². The van der Waals surface area contributed by atoms with E-state index in [4.69, 9.17) is 11.6 Å². The predicted molar refractivity (Wildman–Crippen MR) is 93.9 cm³/mol. The fraction of sp³-hybridized carbons (Fsp3) is 0.312. The molecule has 0 saturated heterocycles. The number of fused-ring (bicyclic) bond motifs is 1. The maximum atomic E-state index is 12.4. The van der Waals surface area contributed by atoms with Gasteiger partial charge in [-0.1, -0.05) is 11.6 Å². The molecule has 0 bridgehead atoms. The zero-order valence-corrected chi connectivity index (χ0v) is 14.6. The third-order valence-corrected chi connectivity index (χ3v) is 5.58. The number of nitrogens with one attached hydrogen (secondary N) is 2. The molecule has 0 fully saturated rings. The van der Waals surface area contributed by atoms with Gasteiger partial charge in [-0.05, 0) is 30.5 Å². The number of benzene rings is 1. The Hall–Kier alpha value is -1.96. The van der Waals surface area contributed by atoms with Crippen molar-refractivity contribution in [2.45, 2.75) is 19.4 Å². The molecule has 3 rings (SSSR count). The van der Waals surface area contributed by atoms with E-state index < -0.39 is 4.92 Å². The molecule has 0 radical (unpaired) electrons. The quantitative estimate of drug-likeness (QED) is 0.644. The highest BCUT2D eigenvalue weighted by molar-refractivity contribution is 7.10. The van der Waals surface area contributed by atoms with Gasteiger partial charge in [0.15, 0.2) is 6.54 Å². The average molecular weight is 367 g/mol. The van der Waals surface area contributed by atoms with Crippen molar-refractivity contribution >= 4 is 40.2 Å². The summed E-state index contributed by atoms with van der Waals surface area (Å²) in [4.78, 5) is 25.5. The standard InChI is InChI=1S/C16H16ClN3O3S/c1-10-12-5-7-24-15(12)4-6-19(10)9-16(21)18-13-8-11(17)2-3-14(13)20(22)23/h2-3,5,7-8,10H,4,6,9H2,1H3,(H,18,21)/p+1/t10-/m0/s1. The van der Waals surface area contributed by atoms with E-state index in [1.165, 1.54) is 28.6 Å². The number of carbonyl (C=O) groups excluding carboxylic acids is 1. The minimum absolute atomic E-state index is 0.137. The smallest absolute Gasteiger partial charge is 0.292 e. The van der Waals surface area contributed by atoms with Crippen molar-refractivity contribution in [1.29, 1.82) is 0 Å². The number of nitro groups is 1. The molecule has 2 N–H and O–H groups in total. The van der Waals surface area contributed by atoms with Gasteiger partial charge < -0.3 is 10.2 Å². The first-order valence-electron chi connectivity index (χ1n) is 7.60. The summed E-state index contributed by atoms with van der Waals surface area (Å²) in [6.45, 7) is 3.25. The first kappa shape index (κ1) is 16.9. The minimum atomic E-state index is -0.528. The second kappa shape index (κ2) is 6.88. The Bertz CT molecular complexity index is 793. The molecule has 1 aliphatic heterocycles. The Balaban J connectivity index is 1.71. The highest BCUT2D eigenvalue weighted by Crippen LogP contribution is 2.28. The molecule has 126 valence electrons. The van der Waals surface area contributed by atoms with Crippen LogP contribution in [-0.2, 0) is 11.2 Å². The third kappa shape index (κ3) is 3.43. The van der Waals surface area contributed by atoms with Crippen LogP contribution in [0.1, 0.15) is 23.4 Å². The summed E-state index contributed by atoms with van der Waals surface area (Å²) in [5, 5.41) is 16.1. The first-order valence-corrected chi connectivity index (χ1v) is 8.86. The number of hydrogen-bond donors (Lipinski definition) is 2. The van der Waals surface area contributed by atoms with E-state index in [1.54, 1.807) is 11.3 Å². The van der Waals surface area contributed by atoms with Crippen LogP contribution in [-0.4, -0.2) is 23.9 Å². The molecular formula is C16H17ClN3O3S+. The number of hydrogen-bond acceptors (Lipinski definition) is 4. The van der Waals surface area contributed by atoms with Gasteiger partial charge in [-0.3, -0.25) is 14.9 Å². The van der Waals surface area contributed by atoms with Gasteiger partial charge >= 0.3 is 0 Å². The topological polar surface area (TPSA) is 76.7 Å². The molecule has 1 unspecified atom stereocenters. The molecule has 1 aliphatic rings. The van der Waals surface area contributed by atoms with E-state index in [1.807, 2.05) is 0 Å². The summed E-state index contributed by atoms with van der Waals surface area (Å²) < 4.78 is 0. The summed E-state index contributed by atoms with van der Waals surface area (Å²) >= 11 is 7.64. The molecule has 8 heteroatoms. The molecule has 1 aromatic heterocycles. The third-order valence-electron chi connectivity index (χ3n) is 4.35. The van der Waals surface area contributed by atoms with Crippen LogP contribution in [0.15, 0.2) is 29.6 Å². The van der Waals surface area contributed by atoms with Crippen molar-refractivity contribution in [1.82, 2.24) is 0 Å². The largest absolute Gasteiger partial charge is 0.321 e. The number of nitrogens with zero attached hydrogens (tertiary/aromatic N) is 1. The zero-order chi connectivity index (χ0) is 17.3. The molecule has 0 aliphatic carbocycles. The molecule has 2 heterocycles. The van der Waals surface area contributed by atoms with Gasteiger partial charge in [0.2, 0.25) is 0 Å². The van der Waals surface area contributed by atoms with E-state index in [9.17, 15) is 14.9 Å². The molecule has 0 spiro atoms. The predicted octanol–water partition coefficient (Wildman–Crippen LogP) is 2.45. The Morgan fingerprint density at radius 2 is 2.29 bits per heavy atom. The van der Waals surface area contributed by atoms with Crippen LogP contribution in [0.3, 0.4) is 0 Å². The number of nitro benzene ring substituents is 1. The fourth-order valence-corrected chi connectivity index (χ4v) is 4.21. The summed E-state index contributed by atoms with van der Waals surface area (Å²) in [6.07, 6.45) is 0.956. The maximum absolute atomic E-state index is 12.4. The van der Waals surface area contributed by atoms with Gasteiger partial charge in [0.1, 0.15) is 11.7 Å². The van der Waals surface area contributed by atoms with Gasteiger partial charge in [0.05, 0.1) is 11.5 Å². The molecular weight excluding hydrogens is 350 g/mol. The highest BCUT2D eigenvalue weighted by Gasteiger charge is 2.30. The number of thiophene rings is 1. The second-order valence-corrected chi connectivity index (χ2v) is 7.26. The molecule has 0 saturated carbocycles. The second-order valence-electron chi connectivity index (χ2n) is 5.82. The molecule has 6 nitrogen and oxygen atoms in total. The van der Waals surface area contributed by atoms with Crippen LogP contribution in [0.4, 0.5) is 11.4 Å². The molecule has 2 aromatic rings. The van der Waals surface area contributed by atoms with Crippen molar-refractivity contribution in [3.05, 3.63) is 55.2 Å². The van der Waals surface area contributed by atoms with E-state index in [0.717, 1.165) is 17.9 Å². The van der Waals surface area contributed by atoms with Crippen LogP contribution in [0.25, 0.3) is 0 Å². The monoisotopic (exact) mass is 366 g/mol. The van der Waals surface area contributed by atoms with Crippen molar-refractivity contribution in [3.8, 4) is 0 Å². The Labute approximate surface area is 148 Å². The summed E-state index contributed by atoms with van der Waals surface area (Å²) in [6, 6.07) is 6.49. The van der Waals surface area contributed by atoms with Gasteiger partial charge in [0.25, 0.3) is 11.6 Å². The first-order chi connectivity index (χ1) is 11.5. The number of anilines is 1. The van der Waals surface area contributed by atoms with Crippen LogP contribution in [0.5, 0.6) is 0 Å². The average Bonchev–Trinajstić information content (AvgIpc) is 2.99. The Morgan fingerprint density at radius 3 is 3.04 bits per heavy atom. The van der Waals surface area contributed by atoms with Crippen LogP contribution >= 0.6 is 22.9 Å². The van der Waals surface area contributed by atoms with Crippen LogP contribution in [0.2, 0.25) is 5.02 Å². The van der Waals surface area contributed by atoms with E-state index in [0.29, 0.717) is 5.02 Å². The summed E-state index contributed by atoms with van der Waals surface area (Å²) in [7, 11) is 0. The molecule has 1 aromatic carbocycles. The molecule has 2 atom stereocenters. The lowest BCUT2D eigenvalue weighted by molar-refractivity contribution is -0.923. The number of carbonyl (C=O) groups is 1. The van der Waals surface area contributed by atoms with E-state index in [2.05, 4.69) is 23.7 Å². The zero-order valence-electron chi connectivity index (χ0n) is 13.0. The number of quaternary nitrogens is 1. The molecule has 24 heavy (non-hydrogen) atoms. The van der Waals surface area contributed by atoms with Gasteiger partial charge in [-0.2, -0.15) is 0 Å². The lowest BCUT2D eigenvalue weighted by atomic mass is 10.0. The number of rotatable bonds is 4. The summed E-state index contributed by atoms with van der Waals surface area (Å²) in [5.41, 5.74) is 1.27. The SMILES string of the molecule is C[C@H]1c2ccsc2CC[NH+]1CC(=O)Nc1cc(Cl)ccc1[N+](=O)[O-]. The van der Waals surface area contributed by atoms with E-state index >= 15 is 0 Å². The van der Waals surface area contributed by atoms with Crippen molar-refractivity contribution in [2.75, 3.05) is 18.4 Å². The van der Waals surface area contributed by atoms with E-state index in [-0.39, 0.29) is 29.9 Å². The highest BCUT2D eigenvalue weighted by atomic mass is 35.5. The van der Waals surface area contributed by atoms with Gasteiger partial charge in [-0.25, -0.2) is 0 Å². The fourth-order valence-electron chi connectivity index (χ4n) is 3.06. The van der Waals surface area contributed by atoms with Crippen molar-refractivity contribution < 1.29 is 14.6 Å². The number of amides is 1. The molecule has 1 amide bonds. The van der Waals surface area contributed by atoms with Crippen molar-refractivity contribution in [3.63, 3.8) is 0 Å². The van der Waals surface area contributed by atoms with Crippen LogP contribution in [0, 0.1) is 10.1 Å². The lowest BCUT2D eigenvalue weighted by Crippen LogP contribution is -3.14. The Morgan fingerprint density at radius 1 is 1.50 bits per heavy atom. The normalized spacial score (nSPS) is 19.6.